The van der Waals surface area contributed by atoms with Gasteiger partial charge >= 0.3 is 0 Å². The Bertz CT molecular complexity index is 673. The van der Waals surface area contributed by atoms with Gasteiger partial charge in [-0.05, 0) is 30.3 Å². The molecule has 3 N–H and O–H groups in total. The van der Waals surface area contributed by atoms with Gasteiger partial charge in [0.05, 0.1) is 11.4 Å². The minimum atomic E-state index is -0.744. The molecule has 0 radical (unpaired) electrons. The zero-order valence-electron chi connectivity index (χ0n) is 10.9. The first-order chi connectivity index (χ1) is 10.2. The smallest absolute Gasteiger partial charge is 0.123 e. The van der Waals surface area contributed by atoms with Crippen LogP contribution >= 0.6 is 31.9 Å². The number of benzene rings is 2. The maximum atomic E-state index is 10.7. The predicted octanol–water partition coefficient (Wildman–Crippen LogP) is 3.62. The largest absolute Gasteiger partial charge is 0.382 e. The Balaban J connectivity index is 1.90. The first-order valence-electron chi connectivity index (χ1n) is 6.36. The van der Waals surface area contributed by atoms with Gasteiger partial charge in [-0.2, -0.15) is 0 Å². The fourth-order valence-corrected chi connectivity index (χ4v) is 2.93. The Morgan fingerprint density at radius 2 is 1.71 bits per heavy atom. The number of halogens is 2. The van der Waals surface area contributed by atoms with Crippen molar-refractivity contribution in [2.75, 3.05) is 5.01 Å². The summed E-state index contributed by atoms with van der Waals surface area (Å²) in [6.45, 7) is 0. The monoisotopic (exact) mass is 409 g/mol. The van der Waals surface area contributed by atoms with Crippen molar-refractivity contribution < 1.29 is 5.11 Å². The van der Waals surface area contributed by atoms with Crippen molar-refractivity contribution in [2.24, 2.45) is 0 Å². The molecule has 0 saturated carbocycles. The molecule has 0 spiro atoms. The van der Waals surface area contributed by atoms with Gasteiger partial charge in [-0.1, -0.05) is 50.1 Å². The van der Waals surface area contributed by atoms with Crippen LogP contribution < -0.4 is 16.0 Å². The van der Waals surface area contributed by atoms with Gasteiger partial charge in [0.15, 0.2) is 0 Å². The molecule has 0 saturated heterocycles. The van der Waals surface area contributed by atoms with Crippen LogP contribution in [0.15, 0.2) is 69.4 Å². The molecular formula is C15H13Br2N3O. The van der Waals surface area contributed by atoms with E-state index in [1.54, 1.807) is 6.20 Å². The zero-order chi connectivity index (χ0) is 14.8. The first kappa shape index (κ1) is 14.6. The third kappa shape index (κ3) is 2.98. The van der Waals surface area contributed by atoms with Crippen molar-refractivity contribution >= 4 is 37.5 Å². The summed E-state index contributed by atoms with van der Waals surface area (Å²) in [5.74, 6) is 0. The van der Waals surface area contributed by atoms with Crippen LogP contribution in [-0.2, 0) is 0 Å². The normalized spacial score (nSPS) is 15.6. The molecule has 0 amide bonds. The fraction of sp³-hybridized carbons (Fsp3) is 0.0667. The van der Waals surface area contributed by atoms with E-state index in [0.29, 0.717) is 0 Å². The molecule has 4 nitrogen and oxygen atoms in total. The number of anilines is 1. The van der Waals surface area contributed by atoms with Crippen LogP contribution in [0.3, 0.4) is 0 Å². The van der Waals surface area contributed by atoms with Crippen LogP contribution in [0.5, 0.6) is 0 Å². The second kappa shape index (κ2) is 6.19. The van der Waals surface area contributed by atoms with Crippen molar-refractivity contribution in [2.45, 2.75) is 6.10 Å². The molecular weight excluding hydrogens is 398 g/mol. The second-order valence-electron chi connectivity index (χ2n) is 4.56. The van der Waals surface area contributed by atoms with E-state index in [-0.39, 0.29) is 0 Å². The number of hydrogen-bond acceptors (Lipinski definition) is 4. The molecule has 1 atom stereocenters. The average molecular weight is 411 g/mol. The van der Waals surface area contributed by atoms with Crippen LogP contribution in [-0.4, -0.2) is 5.11 Å². The molecule has 0 fully saturated rings. The molecule has 0 bridgehead atoms. The number of nitrogens with zero attached hydrogens (tertiary/aromatic N) is 1. The highest BCUT2D eigenvalue weighted by Crippen LogP contribution is 2.32. The Kier molecular flexibility index (Phi) is 4.30. The second-order valence-corrected chi connectivity index (χ2v) is 6.33. The first-order valence-corrected chi connectivity index (χ1v) is 7.95. The fourth-order valence-electron chi connectivity index (χ4n) is 2.16. The summed E-state index contributed by atoms with van der Waals surface area (Å²) in [6.07, 6.45) is 1.01. The lowest BCUT2D eigenvalue weighted by Gasteiger charge is -2.25. The van der Waals surface area contributed by atoms with E-state index in [2.05, 4.69) is 42.8 Å². The molecule has 1 heterocycles. The van der Waals surface area contributed by atoms with E-state index in [9.17, 15) is 5.11 Å². The standard InChI is InChI=1S/C15H13Br2N3O/c16-10-5-7-11(8-6-10)20-14(9-18-19-20)15(21)12-3-1-2-4-13(12)17/h1-9,15,18-19,21H. The number of nitrogens with one attached hydrogen (secondary N) is 2. The van der Waals surface area contributed by atoms with Crippen molar-refractivity contribution in [3.63, 3.8) is 0 Å². The molecule has 3 rings (SSSR count). The van der Waals surface area contributed by atoms with Crippen molar-refractivity contribution in [1.29, 1.82) is 0 Å². The lowest BCUT2D eigenvalue weighted by Crippen LogP contribution is -2.38. The Labute approximate surface area is 139 Å². The number of hydrazine groups is 2. The maximum Gasteiger partial charge on any atom is 0.123 e. The summed E-state index contributed by atoms with van der Waals surface area (Å²) in [5.41, 5.74) is 8.42. The minimum absolute atomic E-state index is 0.726. The van der Waals surface area contributed by atoms with Crippen LogP contribution in [0.2, 0.25) is 0 Å². The number of hydrogen-bond donors (Lipinski definition) is 3. The molecule has 2 aromatic rings. The lowest BCUT2D eigenvalue weighted by molar-refractivity contribution is 0.211. The highest BCUT2D eigenvalue weighted by molar-refractivity contribution is 9.10. The summed E-state index contributed by atoms with van der Waals surface area (Å²) in [6, 6.07) is 15.5. The molecule has 6 heteroatoms. The number of aliphatic hydroxyl groups is 1. The van der Waals surface area contributed by atoms with Gasteiger partial charge in [-0.15, -0.1) is 5.53 Å². The summed E-state index contributed by atoms with van der Waals surface area (Å²) in [5, 5.41) is 12.5. The number of rotatable bonds is 3. The third-order valence-corrected chi connectivity index (χ3v) is 4.47. The lowest BCUT2D eigenvalue weighted by atomic mass is 10.1. The van der Waals surface area contributed by atoms with Gasteiger partial charge in [0.2, 0.25) is 0 Å². The van der Waals surface area contributed by atoms with Gasteiger partial charge in [0, 0.05) is 20.7 Å². The van der Waals surface area contributed by atoms with Crippen LogP contribution in [0, 0.1) is 0 Å². The van der Waals surface area contributed by atoms with E-state index in [0.717, 1.165) is 25.9 Å². The summed E-state index contributed by atoms with van der Waals surface area (Å²) in [7, 11) is 0. The minimum Gasteiger partial charge on any atom is -0.382 e. The molecule has 2 aromatic carbocycles. The van der Waals surface area contributed by atoms with Crippen LogP contribution in [0.25, 0.3) is 0 Å². The van der Waals surface area contributed by atoms with E-state index in [1.165, 1.54) is 0 Å². The molecule has 0 aromatic heterocycles. The topological polar surface area (TPSA) is 47.5 Å². The van der Waals surface area contributed by atoms with Gasteiger partial charge in [0.25, 0.3) is 0 Å². The Morgan fingerprint density at radius 1 is 1.00 bits per heavy atom. The molecule has 1 aliphatic heterocycles. The van der Waals surface area contributed by atoms with Crippen LogP contribution in [0.4, 0.5) is 5.69 Å². The van der Waals surface area contributed by atoms with Gasteiger partial charge in [-0.25, -0.2) is 0 Å². The summed E-state index contributed by atoms with van der Waals surface area (Å²) in [4.78, 5) is 0. The van der Waals surface area contributed by atoms with E-state index in [1.807, 2.05) is 53.5 Å². The van der Waals surface area contributed by atoms with Gasteiger partial charge in [0.1, 0.15) is 6.10 Å². The highest BCUT2D eigenvalue weighted by atomic mass is 79.9. The molecule has 1 unspecified atom stereocenters. The molecule has 21 heavy (non-hydrogen) atoms. The quantitative estimate of drug-likeness (QED) is 0.723. The predicted molar refractivity (Wildman–Crippen MR) is 90.1 cm³/mol. The van der Waals surface area contributed by atoms with Crippen molar-refractivity contribution in [3.8, 4) is 0 Å². The Hall–Kier alpha value is -1.34. The third-order valence-electron chi connectivity index (χ3n) is 3.22. The number of aliphatic hydroxyl groups excluding tert-OH is 1. The van der Waals surface area contributed by atoms with Gasteiger partial charge in [-0.3, -0.25) is 5.01 Å². The maximum absolute atomic E-state index is 10.7. The molecule has 1 aliphatic rings. The molecule has 108 valence electrons. The summed E-state index contributed by atoms with van der Waals surface area (Å²) >= 11 is 6.90. The summed E-state index contributed by atoms with van der Waals surface area (Å²) < 4.78 is 1.89. The Morgan fingerprint density at radius 3 is 2.43 bits per heavy atom. The van der Waals surface area contributed by atoms with E-state index in [4.69, 9.17) is 0 Å². The SMILES string of the molecule is OC(C1=CNNN1c1ccc(Br)cc1)c1ccccc1Br. The zero-order valence-corrected chi connectivity index (χ0v) is 14.1. The van der Waals surface area contributed by atoms with Gasteiger partial charge < -0.3 is 10.5 Å². The van der Waals surface area contributed by atoms with E-state index >= 15 is 0 Å². The van der Waals surface area contributed by atoms with E-state index < -0.39 is 6.10 Å². The van der Waals surface area contributed by atoms with Crippen molar-refractivity contribution in [3.05, 3.63) is 74.9 Å². The molecule has 0 aliphatic carbocycles. The average Bonchev–Trinajstić information content (AvgIpc) is 2.97. The van der Waals surface area contributed by atoms with Crippen LogP contribution in [0.1, 0.15) is 11.7 Å². The van der Waals surface area contributed by atoms with Crippen molar-refractivity contribution in [1.82, 2.24) is 11.0 Å². The highest BCUT2D eigenvalue weighted by Gasteiger charge is 2.25.